The number of benzene rings is 1. The fourth-order valence-electron chi connectivity index (χ4n) is 3.22. The van der Waals surface area contributed by atoms with Crippen molar-refractivity contribution in [1.29, 1.82) is 0 Å². The molecule has 0 aromatic heterocycles. The number of carbonyl (C=O) groups is 1. The molecule has 1 heterocycles. The van der Waals surface area contributed by atoms with E-state index in [0.29, 0.717) is 26.1 Å². The molecule has 0 spiro atoms. The molecule has 2 atom stereocenters. The molecule has 0 radical (unpaired) electrons. The SMILES string of the molecule is COCCCCC(=O)N1CC[C@H](c2ccc(OC)c(F)c2)[C@@H](N)C1. The van der Waals surface area contributed by atoms with Crippen molar-refractivity contribution in [3.8, 4) is 5.75 Å². The molecule has 134 valence electrons. The van der Waals surface area contributed by atoms with E-state index in [0.717, 1.165) is 24.8 Å². The van der Waals surface area contributed by atoms with Gasteiger partial charge in [-0.05, 0) is 37.0 Å². The molecule has 0 unspecified atom stereocenters. The third kappa shape index (κ3) is 4.68. The van der Waals surface area contributed by atoms with Crippen LogP contribution in [0.5, 0.6) is 5.75 Å². The highest BCUT2D eigenvalue weighted by Gasteiger charge is 2.30. The number of halogens is 1. The van der Waals surface area contributed by atoms with Crippen molar-refractivity contribution >= 4 is 5.91 Å². The Balaban J connectivity index is 1.90. The molecule has 1 aliphatic rings. The highest BCUT2D eigenvalue weighted by atomic mass is 19.1. The lowest BCUT2D eigenvalue weighted by molar-refractivity contribution is -0.132. The second-order valence-electron chi connectivity index (χ2n) is 6.24. The van der Waals surface area contributed by atoms with Gasteiger partial charge in [-0.15, -0.1) is 0 Å². The van der Waals surface area contributed by atoms with E-state index in [-0.39, 0.29) is 29.4 Å². The van der Waals surface area contributed by atoms with Crippen LogP contribution in [0.25, 0.3) is 0 Å². The first kappa shape index (κ1) is 18.7. The average Bonchev–Trinajstić information content (AvgIpc) is 2.58. The topological polar surface area (TPSA) is 64.8 Å². The van der Waals surface area contributed by atoms with Gasteiger partial charge in [0, 0.05) is 45.2 Å². The minimum atomic E-state index is -0.376. The maximum Gasteiger partial charge on any atom is 0.222 e. The molecule has 0 bridgehead atoms. The van der Waals surface area contributed by atoms with Crippen LogP contribution in [-0.4, -0.2) is 50.8 Å². The van der Waals surface area contributed by atoms with Gasteiger partial charge in [-0.2, -0.15) is 0 Å². The maximum absolute atomic E-state index is 13.9. The number of hydrogen-bond acceptors (Lipinski definition) is 4. The summed E-state index contributed by atoms with van der Waals surface area (Å²) in [4.78, 5) is 14.1. The molecule has 24 heavy (non-hydrogen) atoms. The second-order valence-corrected chi connectivity index (χ2v) is 6.24. The second kappa shape index (κ2) is 8.99. The van der Waals surface area contributed by atoms with Crippen LogP contribution in [0, 0.1) is 5.82 Å². The lowest BCUT2D eigenvalue weighted by atomic mass is 9.85. The summed E-state index contributed by atoms with van der Waals surface area (Å²) in [5.41, 5.74) is 7.14. The number of rotatable bonds is 7. The van der Waals surface area contributed by atoms with Gasteiger partial charge in [-0.1, -0.05) is 6.07 Å². The van der Waals surface area contributed by atoms with E-state index in [4.69, 9.17) is 15.2 Å². The average molecular weight is 338 g/mol. The zero-order valence-electron chi connectivity index (χ0n) is 14.5. The predicted molar refractivity (Wildman–Crippen MR) is 90.6 cm³/mol. The molecule has 1 aromatic carbocycles. The zero-order valence-corrected chi connectivity index (χ0v) is 14.5. The monoisotopic (exact) mass is 338 g/mol. The first-order valence-corrected chi connectivity index (χ1v) is 8.42. The Morgan fingerprint density at radius 1 is 1.38 bits per heavy atom. The van der Waals surface area contributed by atoms with E-state index in [1.807, 2.05) is 11.0 Å². The summed E-state index contributed by atoms with van der Waals surface area (Å²) < 4.78 is 23.8. The highest BCUT2D eigenvalue weighted by molar-refractivity contribution is 5.76. The highest BCUT2D eigenvalue weighted by Crippen LogP contribution is 2.30. The molecule has 1 aromatic rings. The summed E-state index contributed by atoms with van der Waals surface area (Å²) in [6.45, 7) is 1.86. The van der Waals surface area contributed by atoms with Crippen LogP contribution in [0.1, 0.15) is 37.2 Å². The van der Waals surface area contributed by atoms with Gasteiger partial charge < -0.3 is 20.1 Å². The van der Waals surface area contributed by atoms with Crippen LogP contribution in [0.15, 0.2) is 18.2 Å². The van der Waals surface area contributed by atoms with Gasteiger partial charge in [0.25, 0.3) is 0 Å². The molecule has 2 N–H and O–H groups in total. The van der Waals surface area contributed by atoms with Crippen molar-refractivity contribution in [3.63, 3.8) is 0 Å². The fourth-order valence-corrected chi connectivity index (χ4v) is 3.22. The molecule has 1 saturated heterocycles. The third-order valence-corrected chi connectivity index (χ3v) is 4.60. The van der Waals surface area contributed by atoms with E-state index in [1.54, 1.807) is 13.2 Å². The van der Waals surface area contributed by atoms with Crippen molar-refractivity contribution in [2.75, 3.05) is 33.9 Å². The molecular formula is C18H27FN2O3. The largest absolute Gasteiger partial charge is 0.494 e. The van der Waals surface area contributed by atoms with Crippen molar-refractivity contribution in [3.05, 3.63) is 29.6 Å². The lowest BCUT2D eigenvalue weighted by Crippen LogP contribution is -2.49. The Morgan fingerprint density at radius 2 is 2.17 bits per heavy atom. The minimum Gasteiger partial charge on any atom is -0.494 e. The summed E-state index contributed by atoms with van der Waals surface area (Å²) in [7, 11) is 3.11. The Bertz CT molecular complexity index is 553. The summed E-state index contributed by atoms with van der Waals surface area (Å²) in [5, 5.41) is 0. The molecule has 5 nitrogen and oxygen atoms in total. The first-order chi connectivity index (χ1) is 11.6. The standard InChI is InChI=1S/C18H27FN2O3/c1-23-10-4-3-5-18(22)21-9-8-14(16(20)12-21)13-6-7-17(24-2)15(19)11-13/h6-7,11,14,16H,3-5,8-10,12,20H2,1-2H3/t14-,16+/m1/s1. The molecule has 6 heteroatoms. The summed E-state index contributed by atoms with van der Waals surface area (Å²) in [5.74, 6) is 0.0544. The Morgan fingerprint density at radius 3 is 2.79 bits per heavy atom. The Kier molecular flexibility index (Phi) is 6.99. The number of hydrogen-bond donors (Lipinski definition) is 1. The van der Waals surface area contributed by atoms with E-state index >= 15 is 0 Å². The van der Waals surface area contributed by atoms with Gasteiger partial charge in [0.1, 0.15) is 0 Å². The van der Waals surface area contributed by atoms with E-state index in [1.165, 1.54) is 13.2 Å². The van der Waals surface area contributed by atoms with Gasteiger partial charge >= 0.3 is 0 Å². The number of carbonyl (C=O) groups excluding carboxylic acids is 1. The van der Waals surface area contributed by atoms with Gasteiger partial charge in [-0.25, -0.2) is 4.39 Å². The minimum absolute atomic E-state index is 0.0583. The van der Waals surface area contributed by atoms with Crippen molar-refractivity contribution in [2.24, 2.45) is 5.73 Å². The summed E-state index contributed by atoms with van der Waals surface area (Å²) in [6, 6.07) is 4.79. The normalized spacial score (nSPS) is 20.9. The van der Waals surface area contributed by atoms with E-state index < -0.39 is 0 Å². The number of amides is 1. The Hall–Kier alpha value is -1.66. The number of ether oxygens (including phenoxy) is 2. The molecule has 0 aliphatic carbocycles. The number of methoxy groups -OCH3 is 2. The van der Waals surface area contributed by atoms with Crippen LogP contribution >= 0.6 is 0 Å². The van der Waals surface area contributed by atoms with Crippen molar-refractivity contribution in [1.82, 2.24) is 4.90 Å². The van der Waals surface area contributed by atoms with Gasteiger partial charge in [-0.3, -0.25) is 4.79 Å². The van der Waals surface area contributed by atoms with Crippen LogP contribution in [-0.2, 0) is 9.53 Å². The van der Waals surface area contributed by atoms with Crippen LogP contribution in [0.2, 0.25) is 0 Å². The quantitative estimate of drug-likeness (QED) is 0.775. The number of piperidine rings is 1. The Labute approximate surface area is 142 Å². The fraction of sp³-hybridized carbons (Fsp3) is 0.611. The van der Waals surface area contributed by atoms with Gasteiger partial charge in [0.15, 0.2) is 11.6 Å². The van der Waals surface area contributed by atoms with Crippen LogP contribution in [0.3, 0.4) is 0 Å². The number of nitrogens with two attached hydrogens (primary N) is 1. The smallest absolute Gasteiger partial charge is 0.222 e. The van der Waals surface area contributed by atoms with Crippen molar-refractivity contribution < 1.29 is 18.7 Å². The molecular weight excluding hydrogens is 311 g/mol. The number of nitrogens with zero attached hydrogens (tertiary/aromatic N) is 1. The van der Waals surface area contributed by atoms with Crippen molar-refractivity contribution in [2.45, 2.75) is 37.6 Å². The number of likely N-dealkylation sites (tertiary alicyclic amines) is 1. The summed E-state index contributed by atoms with van der Waals surface area (Å²) >= 11 is 0. The molecule has 2 rings (SSSR count). The van der Waals surface area contributed by atoms with E-state index in [9.17, 15) is 9.18 Å². The lowest BCUT2D eigenvalue weighted by Gasteiger charge is -2.37. The van der Waals surface area contributed by atoms with Gasteiger partial charge in [0.05, 0.1) is 7.11 Å². The molecule has 1 amide bonds. The predicted octanol–water partition coefficient (Wildman–Crippen LogP) is 2.29. The van der Waals surface area contributed by atoms with Crippen LogP contribution in [0.4, 0.5) is 4.39 Å². The summed E-state index contributed by atoms with van der Waals surface area (Å²) in [6.07, 6.45) is 2.98. The van der Waals surface area contributed by atoms with E-state index in [2.05, 4.69) is 0 Å². The first-order valence-electron chi connectivity index (χ1n) is 8.42. The molecule has 1 aliphatic heterocycles. The van der Waals surface area contributed by atoms with Gasteiger partial charge in [0.2, 0.25) is 5.91 Å². The maximum atomic E-state index is 13.9. The van der Waals surface area contributed by atoms with Crippen LogP contribution < -0.4 is 10.5 Å². The zero-order chi connectivity index (χ0) is 17.5. The third-order valence-electron chi connectivity index (χ3n) is 4.60. The molecule has 1 fully saturated rings. The number of unbranched alkanes of at least 4 members (excludes halogenated alkanes) is 1. The molecule has 0 saturated carbocycles.